The van der Waals surface area contributed by atoms with Crippen LogP contribution in [-0.4, -0.2) is 51.8 Å². The first kappa shape index (κ1) is 22.7. The summed E-state index contributed by atoms with van der Waals surface area (Å²) in [7, 11) is 4.93. The van der Waals surface area contributed by atoms with Crippen LogP contribution < -0.4 is 19.5 Å². The van der Waals surface area contributed by atoms with E-state index in [0.29, 0.717) is 17.7 Å². The highest BCUT2D eigenvalue weighted by Crippen LogP contribution is 2.35. The van der Waals surface area contributed by atoms with E-state index in [1.165, 1.54) is 6.42 Å². The zero-order valence-corrected chi connectivity index (χ0v) is 19.0. The van der Waals surface area contributed by atoms with Gasteiger partial charge in [-0.3, -0.25) is 0 Å². The molecular weight excluding hydrogens is 445 g/mol. The van der Waals surface area contributed by atoms with Crippen molar-refractivity contribution in [1.82, 2.24) is 10.2 Å². The van der Waals surface area contributed by atoms with E-state index in [1.54, 1.807) is 21.3 Å². The first-order valence-corrected chi connectivity index (χ1v) is 8.76. The minimum Gasteiger partial charge on any atom is -0.496 e. The summed E-state index contributed by atoms with van der Waals surface area (Å²) in [5, 5.41) is 3.40. The fraction of sp³-hybridized carbons (Fsp3) is 0.632. The van der Waals surface area contributed by atoms with Gasteiger partial charge in [0.05, 0.1) is 33.4 Å². The Kier molecular flexibility index (Phi) is 8.79. The molecule has 2 rings (SSSR count). The van der Waals surface area contributed by atoms with E-state index < -0.39 is 0 Å². The van der Waals surface area contributed by atoms with Crippen molar-refractivity contribution in [2.24, 2.45) is 10.4 Å². The van der Waals surface area contributed by atoms with Crippen LogP contribution >= 0.6 is 24.0 Å². The number of halogens is 1. The Balaban J connectivity index is 0.00000338. The van der Waals surface area contributed by atoms with E-state index in [-0.39, 0.29) is 24.0 Å². The number of nitrogens with zero attached hydrogens (tertiary/aromatic N) is 2. The summed E-state index contributed by atoms with van der Waals surface area (Å²) in [6.07, 6.45) is 1.17. The summed E-state index contributed by atoms with van der Waals surface area (Å²) < 4.78 is 16.3. The molecule has 1 saturated heterocycles. The third-order valence-corrected chi connectivity index (χ3v) is 4.52. The van der Waals surface area contributed by atoms with Crippen molar-refractivity contribution in [3.63, 3.8) is 0 Å². The van der Waals surface area contributed by atoms with Crippen molar-refractivity contribution in [1.29, 1.82) is 0 Å². The van der Waals surface area contributed by atoms with Gasteiger partial charge in [-0.2, -0.15) is 0 Å². The average Bonchev–Trinajstić information content (AvgIpc) is 2.97. The fourth-order valence-corrected chi connectivity index (χ4v) is 3.11. The summed E-state index contributed by atoms with van der Waals surface area (Å²) in [5.41, 5.74) is 1.24. The quantitative estimate of drug-likeness (QED) is 0.386. The first-order chi connectivity index (χ1) is 11.9. The Hall–Kier alpha value is -1.38. The lowest BCUT2D eigenvalue weighted by Crippen LogP contribution is -2.40. The number of aliphatic imine (C=N–C) groups is 1. The summed E-state index contributed by atoms with van der Waals surface area (Å²) in [5.74, 6) is 3.08. The summed E-state index contributed by atoms with van der Waals surface area (Å²) in [4.78, 5) is 7.16. The molecule has 0 amide bonds. The Morgan fingerprint density at radius 1 is 1.15 bits per heavy atom. The van der Waals surface area contributed by atoms with Crippen molar-refractivity contribution in [2.45, 2.75) is 33.7 Å². The highest BCUT2D eigenvalue weighted by atomic mass is 127. The molecule has 0 spiro atoms. The summed E-state index contributed by atoms with van der Waals surface area (Å²) in [6, 6.07) is 3.72. The van der Waals surface area contributed by atoms with Crippen molar-refractivity contribution in [2.75, 3.05) is 41.0 Å². The Morgan fingerprint density at radius 3 is 2.19 bits per heavy atom. The van der Waals surface area contributed by atoms with Gasteiger partial charge in [0.2, 0.25) is 0 Å². The number of likely N-dealkylation sites (tertiary alicyclic amines) is 1. The van der Waals surface area contributed by atoms with Crippen molar-refractivity contribution >= 4 is 29.9 Å². The second kappa shape index (κ2) is 10.1. The molecule has 1 fully saturated rings. The zero-order chi connectivity index (χ0) is 18.4. The molecule has 0 unspecified atom stereocenters. The van der Waals surface area contributed by atoms with Gasteiger partial charge in [0.1, 0.15) is 17.2 Å². The minimum atomic E-state index is 0. The predicted molar refractivity (Wildman–Crippen MR) is 116 cm³/mol. The number of hydrogen-bond donors (Lipinski definition) is 1. The molecule has 0 atom stereocenters. The summed E-state index contributed by atoms with van der Waals surface area (Å²) >= 11 is 0. The molecule has 1 N–H and O–H groups in total. The van der Waals surface area contributed by atoms with Crippen LogP contribution in [0.3, 0.4) is 0 Å². The number of hydrogen-bond acceptors (Lipinski definition) is 4. The van der Waals surface area contributed by atoms with Gasteiger partial charge in [0.15, 0.2) is 5.96 Å². The molecule has 0 saturated carbocycles. The Bertz CT molecular complexity index is 595. The highest BCUT2D eigenvalue weighted by Gasteiger charge is 2.31. The molecule has 1 aliphatic heterocycles. The average molecular weight is 477 g/mol. The molecule has 0 bridgehead atoms. The van der Waals surface area contributed by atoms with Gasteiger partial charge in [-0.15, -0.1) is 24.0 Å². The molecular formula is C19H32IN3O3. The van der Waals surface area contributed by atoms with Gasteiger partial charge < -0.3 is 24.4 Å². The van der Waals surface area contributed by atoms with E-state index in [9.17, 15) is 0 Å². The lowest BCUT2D eigenvalue weighted by molar-refractivity contribution is 0.366. The van der Waals surface area contributed by atoms with Gasteiger partial charge >= 0.3 is 0 Å². The van der Waals surface area contributed by atoms with Gasteiger partial charge in [0.25, 0.3) is 0 Å². The fourth-order valence-electron chi connectivity index (χ4n) is 3.11. The van der Waals surface area contributed by atoms with E-state index in [4.69, 9.17) is 19.2 Å². The van der Waals surface area contributed by atoms with Crippen molar-refractivity contribution in [3.05, 3.63) is 17.7 Å². The maximum atomic E-state index is 5.52. The Labute approximate surface area is 174 Å². The van der Waals surface area contributed by atoms with Crippen molar-refractivity contribution in [3.8, 4) is 17.2 Å². The lowest BCUT2D eigenvalue weighted by Gasteiger charge is -2.24. The van der Waals surface area contributed by atoms with Crippen LogP contribution in [0.1, 0.15) is 32.8 Å². The van der Waals surface area contributed by atoms with E-state index in [2.05, 4.69) is 31.0 Å². The number of nitrogens with one attached hydrogen (secondary N) is 1. The van der Waals surface area contributed by atoms with Crippen LogP contribution in [0.4, 0.5) is 0 Å². The minimum absolute atomic E-state index is 0. The highest BCUT2D eigenvalue weighted by molar-refractivity contribution is 14.0. The van der Waals surface area contributed by atoms with Crippen LogP contribution in [0, 0.1) is 5.41 Å². The largest absolute Gasteiger partial charge is 0.496 e. The molecule has 1 aliphatic rings. The van der Waals surface area contributed by atoms with Crippen molar-refractivity contribution < 1.29 is 14.2 Å². The van der Waals surface area contributed by atoms with Crippen LogP contribution in [0.2, 0.25) is 0 Å². The second-order valence-corrected chi connectivity index (χ2v) is 7.02. The van der Waals surface area contributed by atoms with Gasteiger partial charge in [-0.1, -0.05) is 13.8 Å². The lowest BCUT2D eigenvalue weighted by atomic mass is 9.93. The second-order valence-electron chi connectivity index (χ2n) is 7.02. The molecule has 6 nitrogen and oxygen atoms in total. The standard InChI is InChI=1S/C19H31N3O3.HI/c1-7-20-18(22-9-8-19(2,3)13-22)21-12-15-16(24-5)10-14(23-4)11-17(15)25-6;/h10-11H,7-9,12-13H2,1-6H3,(H,20,21);1H. The van der Waals surface area contributed by atoms with Crippen LogP contribution in [0.15, 0.2) is 17.1 Å². The molecule has 1 aromatic carbocycles. The molecule has 148 valence electrons. The number of guanidine groups is 1. The monoisotopic (exact) mass is 477 g/mol. The maximum absolute atomic E-state index is 5.52. The maximum Gasteiger partial charge on any atom is 0.194 e. The van der Waals surface area contributed by atoms with Gasteiger partial charge in [0, 0.05) is 31.8 Å². The number of methoxy groups -OCH3 is 3. The van der Waals surface area contributed by atoms with Gasteiger partial charge in [-0.25, -0.2) is 4.99 Å². The molecule has 1 heterocycles. The molecule has 7 heteroatoms. The SMILES string of the molecule is CCNC(=NCc1c(OC)cc(OC)cc1OC)N1CCC(C)(C)C1.I. The first-order valence-electron chi connectivity index (χ1n) is 8.76. The third kappa shape index (κ3) is 5.56. The predicted octanol–water partition coefficient (Wildman–Crippen LogP) is 3.53. The van der Waals surface area contributed by atoms with E-state index in [1.807, 2.05) is 12.1 Å². The number of rotatable bonds is 6. The van der Waals surface area contributed by atoms with E-state index >= 15 is 0 Å². The topological polar surface area (TPSA) is 55.3 Å². The Morgan fingerprint density at radius 2 is 1.77 bits per heavy atom. The zero-order valence-electron chi connectivity index (χ0n) is 16.7. The molecule has 26 heavy (non-hydrogen) atoms. The van der Waals surface area contributed by atoms with Crippen LogP contribution in [0.25, 0.3) is 0 Å². The van der Waals surface area contributed by atoms with Gasteiger partial charge in [-0.05, 0) is 18.8 Å². The smallest absolute Gasteiger partial charge is 0.194 e. The summed E-state index contributed by atoms with van der Waals surface area (Å²) in [6.45, 7) is 10.0. The molecule has 0 radical (unpaired) electrons. The molecule has 0 aromatic heterocycles. The third-order valence-electron chi connectivity index (χ3n) is 4.52. The van der Waals surface area contributed by atoms with Crippen LogP contribution in [0.5, 0.6) is 17.2 Å². The normalized spacial score (nSPS) is 16.1. The number of ether oxygens (including phenoxy) is 3. The number of benzene rings is 1. The van der Waals surface area contributed by atoms with E-state index in [0.717, 1.165) is 42.7 Å². The van der Waals surface area contributed by atoms with Crippen LogP contribution in [-0.2, 0) is 6.54 Å². The molecule has 1 aromatic rings. The molecule has 0 aliphatic carbocycles.